The molecule has 6 aromatic rings. The van der Waals surface area contributed by atoms with Crippen molar-refractivity contribution in [2.75, 3.05) is 0 Å². The number of nitrogens with zero attached hydrogens (tertiary/aromatic N) is 2. The maximum atomic E-state index is 6.25. The smallest absolute Gasteiger partial charge is 0.216 e. The minimum absolute atomic E-state index is 0.713. The van der Waals surface area contributed by atoms with Crippen LogP contribution in [0, 0.1) is 0 Å². The maximum Gasteiger partial charge on any atom is 0.216 e. The topological polar surface area (TPSA) is 17.8 Å². The van der Waals surface area contributed by atoms with E-state index in [2.05, 4.69) is 126 Å². The van der Waals surface area contributed by atoms with Crippen molar-refractivity contribution in [3.05, 3.63) is 157 Å². The Labute approximate surface area is 223 Å². The molecule has 6 rings (SSSR count). The van der Waals surface area contributed by atoms with Gasteiger partial charge in [-0.3, -0.25) is 4.57 Å². The number of imidazole rings is 1. The van der Waals surface area contributed by atoms with Gasteiger partial charge < -0.3 is 0 Å². The second kappa shape index (κ2) is 10.2. The quantitative estimate of drug-likeness (QED) is 0.223. The van der Waals surface area contributed by atoms with Gasteiger partial charge in [0.15, 0.2) is 7.26 Å². The van der Waals surface area contributed by atoms with Crippen LogP contribution in [0.15, 0.2) is 152 Å². The summed E-state index contributed by atoms with van der Waals surface area (Å²) in [6, 6.07) is 50.8. The van der Waals surface area contributed by atoms with Crippen LogP contribution in [0.3, 0.4) is 0 Å². The molecule has 0 saturated heterocycles. The van der Waals surface area contributed by atoms with Crippen LogP contribution in [0.25, 0.3) is 17.1 Å². The first-order valence-electron chi connectivity index (χ1n) is 12.2. The summed E-state index contributed by atoms with van der Waals surface area (Å²) in [5, 5.41) is 4.53. The molecule has 0 fully saturated rings. The molecular weight excluding hydrogens is 491 g/mol. The monoisotopic (exact) mass is 515 g/mol. The zero-order valence-electron chi connectivity index (χ0n) is 20.2. The summed E-state index contributed by atoms with van der Waals surface area (Å²) < 4.78 is 2.20. The molecule has 0 N–H and O–H groups in total. The summed E-state index contributed by atoms with van der Waals surface area (Å²) in [5.41, 5.74) is 3.15. The second-order valence-corrected chi connectivity index (χ2v) is 12.6. The lowest BCUT2D eigenvalue weighted by molar-refractivity contribution is 1.07. The van der Waals surface area contributed by atoms with Gasteiger partial charge in [-0.25, -0.2) is 0 Å². The lowest BCUT2D eigenvalue weighted by Crippen LogP contribution is -2.39. The highest BCUT2D eigenvalue weighted by atomic mass is 35.5. The van der Waals surface area contributed by atoms with Crippen molar-refractivity contribution < 1.29 is 0 Å². The van der Waals surface area contributed by atoms with Crippen LogP contribution in [-0.2, 0) is 0 Å². The predicted molar refractivity (Wildman–Crippen MR) is 159 cm³/mol. The van der Waals surface area contributed by atoms with E-state index in [4.69, 9.17) is 16.6 Å². The van der Waals surface area contributed by atoms with Gasteiger partial charge in [0.2, 0.25) is 5.44 Å². The van der Waals surface area contributed by atoms with E-state index in [0.717, 1.165) is 22.5 Å². The average Bonchev–Trinajstić information content (AvgIpc) is 3.42. The third-order valence-corrected chi connectivity index (χ3v) is 11.0. The Hall–Kier alpha value is -3.97. The van der Waals surface area contributed by atoms with Crippen LogP contribution in [0.5, 0.6) is 0 Å². The molecule has 0 saturated carbocycles. The highest BCUT2D eigenvalue weighted by Crippen LogP contribution is 2.54. The van der Waals surface area contributed by atoms with Gasteiger partial charge in [0.25, 0.3) is 0 Å². The fraction of sp³-hybridized carbons (Fsp3) is 0. The Morgan fingerprint density at radius 3 is 1.41 bits per heavy atom. The van der Waals surface area contributed by atoms with Crippen LogP contribution >= 0.6 is 18.9 Å². The van der Waals surface area contributed by atoms with E-state index in [1.54, 1.807) is 0 Å². The predicted octanol–water partition coefficient (Wildman–Crippen LogP) is 6.81. The van der Waals surface area contributed by atoms with Crippen molar-refractivity contribution >= 4 is 40.2 Å². The highest BCUT2D eigenvalue weighted by Gasteiger charge is 2.50. The van der Waals surface area contributed by atoms with E-state index < -0.39 is 7.26 Å². The number of halogens is 1. The summed E-state index contributed by atoms with van der Waals surface area (Å²) in [7, 11) is -2.32. The van der Waals surface area contributed by atoms with Crippen LogP contribution in [0.1, 0.15) is 0 Å². The van der Waals surface area contributed by atoms with Crippen LogP contribution in [0.4, 0.5) is 0 Å². The van der Waals surface area contributed by atoms with Gasteiger partial charge in [-0.2, -0.15) is 4.98 Å². The summed E-state index contributed by atoms with van der Waals surface area (Å²) in [5.74, 6) is 0.907. The van der Waals surface area contributed by atoms with Gasteiger partial charge in [-0.1, -0.05) is 96.5 Å². The molecule has 1 heterocycles. The molecule has 0 unspecified atom stereocenters. The van der Waals surface area contributed by atoms with E-state index in [0.29, 0.717) is 5.02 Å². The first-order valence-corrected chi connectivity index (χ1v) is 14.4. The Bertz CT molecular complexity index is 1500. The van der Waals surface area contributed by atoms with Crippen LogP contribution in [0.2, 0.25) is 5.02 Å². The van der Waals surface area contributed by atoms with Crippen LogP contribution in [-0.4, -0.2) is 9.55 Å². The van der Waals surface area contributed by atoms with Crippen molar-refractivity contribution in [3.8, 4) is 17.1 Å². The molecule has 0 spiro atoms. The van der Waals surface area contributed by atoms with Gasteiger partial charge in [0.05, 0.1) is 6.20 Å². The minimum atomic E-state index is -2.32. The fourth-order valence-corrected chi connectivity index (χ4v) is 9.12. The first kappa shape index (κ1) is 23.4. The Balaban J connectivity index is 1.72. The molecule has 37 heavy (non-hydrogen) atoms. The van der Waals surface area contributed by atoms with E-state index in [-0.39, 0.29) is 0 Å². The Morgan fingerprint density at radius 2 is 0.946 bits per heavy atom. The average molecular weight is 516 g/mol. The lowest BCUT2D eigenvalue weighted by Gasteiger charge is -2.25. The number of hydrogen-bond acceptors (Lipinski definition) is 1. The molecular formula is C33H25ClN2P+. The van der Waals surface area contributed by atoms with E-state index >= 15 is 0 Å². The molecule has 0 atom stereocenters. The number of rotatable bonds is 6. The first-order chi connectivity index (χ1) is 18.3. The molecule has 178 valence electrons. The summed E-state index contributed by atoms with van der Waals surface area (Å²) in [4.78, 5) is 5.46. The fourth-order valence-electron chi connectivity index (χ4n) is 4.92. The zero-order valence-corrected chi connectivity index (χ0v) is 21.8. The van der Waals surface area contributed by atoms with Crippen molar-refractivity contribution in [2.45, 2.75) is 0 Å². The van der Waals surface area contributed by atoms with Crippen LogP contribution < -0.4 is 21.3 Å². The molecule has 5 aromatic carbocycles. The van der Waals surface area contributed by atoms with Gasteiger partial charge in [0, 0.05) is 16.3 Å². The molecule has 1 aromatic heterocycles. The summed E-state index contributed by atoms with van der Waals surface area (Å²) in [6.45, 7) is 0. The van der Waals surface area contributed by atoms with Gasteiger partial charge in [-0.15, -0.1) is 0 Å². The third-order valence-electron chi connectivity index (χ3n) is 6.60. The molecule has 2 nitrogen and oxygen atoms in total. The summed E-state index contributed by atoms with van der Waals surface area (Å²) >= 11 is 6.25. The van der Waals surface area contributed by atoms with Crippen molar-refractivity contribution in [1.29, 1.82) is 0 Å². The number of hydrogen-bond donors (Lipinski definition) is 0. The van der Waals surface area contributed by atoms with E-state index in [1.807, 2.05) is 30.3 Å². The van der Waals surface area contributed by atoms with Gasteiger partial charge >= 0.3 is 0 Å². The normalized spacial score (nSPS) is 11.4. The third kappa shape index (κ3) is 4.29. The summed E-state index contributed by atoms with van der Waals surface area (Å²) in [6.07, 6.45) is 2.23. The molecule has 0 bridgehead atoms. The standard InChI is InChI=1S/C33H25ClN2P/c34-27-21-23-28(24-22-27)36-25-32(35-33(36)26-13-5-1-6-14-26)37(29-15-7-2-8-16-29,30-17-9-3-10-18-30)31-19-11-4-12-20-31/h1-25H/q+1. The lowest BCUT2D eigenvalue weighted by atomic mass is 10.2. The second-order valence-electron chi connectivity index (χ2n) is 8.81. The molecule has 0 aliphatic rings. The molecule has 0 aliphatic heterocycles. The van der Waals surface area contributed by atoms with Gasteiger partial charge in [-0.05, 0) is 60.7 Å². The zero-order chi connectivity index (χ0) is 25.1. The van der Waals surface area contributed by atoms with E-state index in [9.17, 15) is 0 Å². The maximum absolute atomic E-state index is 6.25. The minimum Gasteiger partial charge on any atom is -0.296 e. The Morgan fingerprint density at radius 1 is 0.514 bits per heavy atom. The largest absolute Gasteiger partial charge is 0.296 e. The SMILES string of the molecule is Clc1ccc(-n2cc([P+](c3ccccc3)(c3ccccc3)c3ccccc3)nc2-c2ccccc2)cc1. The number of aromatic nitrogens is 2. The number of benzene rings is 5. The van der Waals surface area contributed by atoms with Gasteiger partial charge in [0.1, 0.15) is 21.7 Å². The molecule has 0 aliphatic carbocycles. The van der Waals surface area contributed by atoms with E-state index in [1.165, 1.54) is 15.9 Å². The molecule has 0 amide bonds. The van der Waals surface area contributed by atoms with Crippen molar-refractivity contribution in [1.82, 2.24) is 9.55 Å². The van der Waals surface area contributed by atoms with Crippen molar-refractivity contribution in [3.63, 3.8) is 0 Å². The molecule has 0 radical (unpaired) electrons. The molecule has 4 heteroatoms. The van der Waals surface area contributed by atoms with Crippen molar-refractivity contribution in [2.24, 2.45) is 0 Å². The highest BCUT2D eigenvalue weighted by molar-refractivity contribution is 8.01. The Kier molecular flexibility index (Phi) is 6.45.